The first-order valence-corrected chi connectivity index (χ1v) is 6.62. The van der Waals surface area contributed by atoms with Gasteiger partial charge in [0.1, 0.15) is 0 Å². The largest absolute Gasteiger partial charge is 0.317 e. The standard InChI is InChI=1S/C14H27N3/c1-10(2)9-13(15-5)7-8-14-11(3)16-17(6)12(14)4/h10,13,15H,7-9H2,1-6H3. The van der Waals surface area contributed by atoms with E-state index in [9.17, 15) is 0 Å². The van der Waals surface area contributed by atoms with Crippen molar-refractivity contribution in [3.05, 3.63) is 17.0 Å². The Kier molecular flexibility index (Phi) is 5.19. The molecular weight excluding hydrogens is 210 g/mol. The summed E-state index contributed by atoms with van der Waals surface area (Å²) in [5.74, 6) is 0.753. The molecule has 0 aliphatic rings. The maximum Gasteiger partial charge on any atom is 0.0628 e. The summed E-state index contributed by atoms with van der Waals surface area (Å²) in [6, 6.07) is 0.619. The third kappa shape index (κ3) is 3.84. The molecule has 0 radical (unpaired) electrons. The number of hydrogen-bond acceptors (Lipinski definition) is 2. The molecule has 1 rings (SSSR count). The van der Waals surface area contributed by atoms with Crippen molar-refractivity contribution in [3.8, 4) is 0 Å². The van der Waals surface area contributed by atoms with Crippen LogP contribution < -0.4 is 5.32 Å². The highest BCUT2D eigenvalue weighted by molar-refractivity contribution is 5.24. The Balaban J connectivity index is 2.59. The van der Waals surface area contributed by atoms with Gasteiger partial charge < -0.3 is 5.32 Å². The fraction of sp³-hybridized carbons (Fsp3) is 0.786. The first-order valence-electron chi connectivity index (χ1n) is 6.62. The van der Waals surface area contributed by atoms with E-state index in [-0.39, 0.29) is 0 Å². The molecule has 0 amide bonds. The second-order valence-corrected chi connectivity index (χ2v) is 5.43. The van der Waals surface area contributed by atoms with Gasteiger partial charge in [0.05, 0.1) is 5.69 Å². The maximum atomic E-state index is 4.47. The Morgan fingerprint density at radius 1 is 1.29 bits per heavy atom. The molecule has 3 nitrogen and oxygen atoms in total. The molecule has 0 saturated heterocycles. The van der Waals surface area contributed by atoms with Gasteiger partial charge in [-0.05, 0) is 51.6 Å². The van der Waals surface area contributed by atoms with Crippen molar-refractivity contribution in [2.75, 3.05) is 7.05 Å². The summed E-state index contributed by atoms with van der Waals surface area (Å²) in [6.45, 7) is 8.83. The fourth-order valence-electron chi connectivity index (χ4n) is 2.45. The van der Waals surface area contributed by atoms with E-state index >= 15 is 0 Å². The van der Waals surface area contributed by atoms with Crippen molar-refractivity contribution < 1.29 is 0 Å². The van der Waals surface area contributed by atoms with E-state index in [1.54, 1.807) is 0 Å². The van der Waals surface area contributed by atoms with E-state index in [2.05, 4.69) is 45.2 Å². The minimum atomic E-state index is 0.619. The lowest BCUT2D eigenvalue weighted by Crippen LogP contribution is -2.27. The molecule has 1 N–H and O–H groups in total. The van der Waals surface area contributed by atoms with Crippen LogP contribution in [-0.4, -0.2) is 22.9 Å². The van der Waals surface area contributed by atoms with Gasteiger partial charge in [-0.3, -0.25) is 4.68 Å². The lowest BCUT2D eigenvalue weighted by atomic mass is 9.97. The summed E-state index contributed by atoms with van der Waals surface area (Å²) >= 11 is 0. The van der Waals surface area contributed by atoms with E-state index in [4.69, 9.17) is 0 Å². The van der Waals surface area contributed by atoms with E-state index in [0.29, 0.717) is 6.04 Å². The van der Waals surface area contributed by atoms with Crippen molar-refractivity contribution in [1.82, 2.24) is 15.1 Å². The molecule has 0 aromatic carbocycles. The van der Waals surface area contributed by atoms with Crippen LogP contribution in [0.4, 0.5) is 0 Å². The normalized spacial score (nSPS) is 13.4. The number of nitrogens with one attached hydrogen (secondary N) is 1. The van der Waals surface area contributed by atoms with Gasteiger partial charge in [0.25, 0.3) is 0 Å². The molecule has 17 heavy (non-hydrogen) atoms. The quantitative estimate of drug-likeness (QED) is 0.824. The summed E-state index contributed by atoms with van der Waals surface area (Å²) in [5, 5.41) is 7.89. The van der Waals surface area contributed by atoms with Gasteiger partial charge in [0.2, 0.25) is 0 Å². The van der Waals surface area contributed by atoms with Crippen molar-refractivity contribution in [3.63, 3.8) is 0 Å². The average Bonchev–Trinajstić information content (AvgIpc) is 2.49. The van der Waals surface area contributed by atoms with Gasteiger partial charge >= 0.3 is 0 Å². The average molecular weight is 237 g/mol. The smallest absolute Gasteiger partial charge is 0.0628 e. The van der Waals surface area contributed by atoms with E-state index in [1.165, 1.54) is 29.8 Å². The first-order chi connectivity index (χ1) is 7.95. The fourth-order valence-corrected chi connectivity index (χ4v) is 2.45. The van der Waals surface area contributed by atoms with Gasteiger partial charge in [0.15, 0.2) is 0 Å². The maximum absolute atomic E-state index is 4.47. The highest BCUT2D eigenvalue weighted by Gasteiger charge is 2.13. The predicted molar refractivity (Wildman–Crippen MR) is 73.3 cm³/mol. The lowest BCUT2D eigenvalue weighted by molar-refractivity contribution is 0.421. The van der Waals surface area contributed by atoms with Gasteiger partial charge in [-0.15, -0.1) is 0 Å². The highest BCUT2D eigenvalue weighted by Crippen LogP contribution is 2.17. The van der Waals surface area contributed by atoms with Crippen LogP contribution in [0.25, 0.3) is 0 Å². The second-order valence-electron chi connectivity index (χ2n) is 5.43. The molecule has 1 aromatic rings. The highest BCUT2D eigenvalue weighted by atomic mass is 15.3. The van der Waals surface area contributed by atoms with Crippen LogP contribution in [-0.2, 0) is 13.5 Å². The molecule has 0 saturated carbocycles. The summed E-state index contributed by atoms with van der Waals surface area (Å²) in [4.78, 5) is 0. The number of rotatable bonds is 6. The molecule has 0 spiro atoms. The molecule has 1 atom stereocenters. The molecular formula is C14H27N3. The predicted octanol–water partition coefficient (Wildman–Crippen LogP) is 2.60. The Morgan fingerprint density at radius 2 is 1.94 bits per heavy atom. The van der Waals surface area contributed by atoms with E-state index in [0.717, 1.165) is 12.3 Å². The van der Waals surface area contributed by atoms with Crippen molar-refractivity contribution in [2.24, 2.45) is 13.0 Å². The number of hydrogen-bond donors (Lipinski definition) is 1. The summed E-state index contributed by atoms with van der Waals surface area (Å²) in [5.41, 5.74) is 3.92. The minimum absolute atomic E-state index is 0.619. The van der Waals surface area contributed by atoms with Crippen LogP contribution in [0.2, 0.25) is 0 Å². The molecule has 3 heteroatoms. The molecule has 1 unspecified atom stereocenters. The lowest BCUT2D eigenvalue weighted by Gasteiger charge is -2.18. The van der Waals surface area contributed by atoms with Crippen molar-refractivity contribution >= 4 is 0 Å². The summed E-state index contributed by atoms with van der Waals surface area (Å²) in [6.07, 6.45) is 3.57. The molecule has 0 aliphatic heterocycles. The van der Waals surface area contributed by atoms with Gasteiger partial charge in [0, 0.05) is 18.8 Å². The zero-order valence-electron chi connectivity index (χ0n) is 12.2. The van der Waals surface area contributed by atoms with Gasteiger partial charge in [-0.25, -0.2) is 0 Å². The Labute approximate surface area is 106 Å². The SMILES string of the molecule is CNC(CCc1c(C)nn(C)c1C)CC(C)C. The Morgan fingerprint density at radius 3 is 2.35 bits per heavy atom. The first kappa shape index (κ1) is 14.2. The molecule has 98 valence electrons. The van der Waals surface area contributed by atoms with Gasteiger partial charge in [-0.2, -0.15) is 5.10 Å². The topological polar surface area (TPSA) is 29.9 Å². The third-order valence-corrected chi connectivity index (χ3v) is 3.57. The Bertz CT molecular complexity index is 353. The number of nitrogens with zero attached hydrogens (tertiary/aromatic N) is 2. The summed E-state index contributed by atoms with van der Waals surface area (Å²) < 4.78 is 1.99. The molecule has 1 heterocycles. The zero-order valence-corrected chi connectivity index (χ0v) is 12.2. The van der Waals surface area contributed by atoms with Crippen molar-refractivity contribution in [1.29, 1.82) is 0 Å². The molecule has 0 fully saturated rings. The monoisotopic (exact) mass is 237 g/mol. The van der Waals surface area contributed by atoms with Crippen LogP contribution >= 0.6 is 0 Å². The van der Waals surface area contributed by atoms with Gasteiger partial charge in [-0.1, -0.05) is 13.8 Å². The minimum Gasteiger partial charge on any atom is -0.317 e. The molecule has 0 aliphatic carbocycles. The zero-order chi connectivity index (χ0) is 13.0. The van der Waals surface area contributed by atoms with Crippen LogP contribution in [0.1, 0.15) is 43.6 Å². The van der Waals surface area contributed by atoms with Crippen LogP contribution in [0.15, 0.2) is 0 Å². The second kappa shape index (κ2) is 6.20. The van der Waals surface area contributed by atoms with Crippen molar-refractivity contribution in [2.45, 2.75) is 53.0 Å². The van der Waals surface area contributed by atoms with Crippen LogP contribution in [0, 0.1) is 19.8 Å². The van der Waals surface area contributed by atoms with Crippen LogP contribution in [0.3, 0.4) is 0 Å². The molecule has 1 aromatic heterocycles. The van der Waals surface area contributed by atoms with E-state index < -0.39 is 0 Å². The number of aryl methyl sites for hydroxylation is 2. The Hall–Kier alpha value is -0.830. The van der Waals surface area contributed by atoms with E-state index in [1.807, 2.05) is 11.7 Å². The van der Waals surface area contributed by atoms with Crippen LogP contribution in [0.5, 0.6) is 0 Å². The third-order valence-electron chi connectivity index (χ3n) is 3.57. The number of aromatic nitrogens is 2. The molecule has 0 bridgehead atoms. The summed E-state index contributed by atoms with van der Waals surface area (Å²) in [7, 11) is 4.09.